The summed E-state index contributed by atoms with van der Waals surface area (Å²) in [7, 11) is 1.72. The molecule has 100 valence electrons. The van der Waals surface area contributed by atoms with Crippen LogP contribution >= 0.6 is 11.8 Å². The summed E-state index contributed by atoms with van der Waals surface area (Å²) in [4.78, 5) is 11.0. The maximum atomic E-state index is 13.7. The van der Waals surface area contributed by atoms with Gasteiger partial charge in [0.1, 0.15) is 5.82 Å². The standard InChI is InChI=1S/C12H13FN4OS/c1-7(10(14)18)19-12-16-15-11(17(12)2)8-5-3-4-6-9(8)13/h3-7H,1-2H3,(H2,14,18). The molecule has 0 aliphatic rings. The van der Waals surface area contributed by atoms with Gasteiger partial charge in [-0.1, -0.05) is 23.9 Å². The van der Waals surface area contributed by atoms with Gasteiger partial charge in [-0.2, -0.15) is 0 Å². The van der Waals surface area contributed by atoms with Crippen LogP contribution in [0.1, 0.15) is 6.92 Å². The Labute approximate surface area is 114 Å². The SMILES string of the molecule is CC(Sc1nnc(-c2ccccc2F)n1C)C(N)=O. The molecule has 19 heavy (non-hydrogen) atoms. The minimum atomic E-state index is -0.430. The number of primary amides is 1. The van der Waals surface area contributed by atoms with Crippen LogP contribution in [0.4, 0.5) is 4.39 Å². The van der Waals surface area contributed by atoms with Crippen molar-refractivity contribution < 1.29 is 9.18 Å². The van der Waals surface area contributed by atoms with Gasteiger partial charge in [0.05, 0.1) is 10.8 Å². The highest BCUT2D eigenvalue weighted by molar-refractivity contribution is 8.00. The minimum absolute atomic E-state index is 0.363. The van der Waals surface area contributed by atoms with Crippen molar-refractivity contribution in [2.24, 2.45) is 12.8 Å². The molecule has 0 aliphatic carbocycles. The van der Waals surface area contributed by atoms with E-state index < -0.39 is 11.2 Å². The van der Waals surface area contributed by atoms with E-state index in [1.54, 1.807) is 36.7 Å². The van der Waals surface area contributed by atoms with Crippen LogP contribution in [0.2, 0.25) is 0 Å². The maximum absolute atomic E-state index is 13.7. The smallest absolute Gasteiger partial charge is 0.230 e. The number of amides is 1. The van der Waals surface area contributed by atoms with E-state index in [2.05, 4.69) is 10.2 Å². The lowest BCUT2D eigenvalue weighted by Gasteiger charge is -2.07. The van der Waals surface area contributed by atoms with Crippen LogP contribution in [0.3, 0.4) is 0 Å². The van der Waals surface area contributed by atoms with Gasteiger partial charge in [-0.05, 0) is 19.1 Å². The number of benzene rings is 1. The first kappa shape index (κ1) is 13.5. The number of hydrogen-bond donors (Lipinski definition) is 1. The molecule has 0 radical (unpaired) electrons. The van der Waals surface area contributed by atoms with Gasteiger partial charge in [0.2, 0.25) is 5.91 Å². The van der Waals surface area contributed by atoms with Crippen LogP contribution < -0.4 is 5.73 Å². The van der Waals surface area contributed by atoms with Crippen LogP contribution in [0, 0.1) is 5.82 Å². The molecular formula is C12H13FN4OS. The van der Waals surface area contributed by atoms with Gasteiger partial charge >= 0.3 is 0 Å². The van der Waals surface area contributed by atoms with Gasteiger partial charge < -0.3 is 10.3 Å². The van der Waals surface area contributed by atoms with E-state index >= 15 is 0 Å². The number of carbonyl (C=O) groups is 1. The lowest BCUT2D eigenvalue weighted by molar-refractivity contribution is -0.117. The first-order chi connectivity index (χ1) is 9.00. The summed E-state index contributed by atoms with van der Waals surface area (Å²) < 4.78 is 15.3. The fourth-order valence-electron chi connectivity index (χ4n) is 1.51. The minimum Gasteiger partial charge on any atom is -0.369 e. The van der Waals surface area contributed by atoms with E-state index in [4.69, 9.17) is 5.73 Å². The number of carbonyl (C=O) groups excluding carboxylic acids is 1. The Morgan fingerprint density at radius 2 is 2.11 bits per heavy atom. The lowest BCUT2D eigenvalue weighted by Crippen LogP contribution is -2.22. The molecule has 0 spiro atoms. The van der Waals surface area contributed by atoms with Crippen molar-refractivity contribution in [2.75, 3.05) is 0 Å². The first-order valence-electron chi connectivity index (χ1n) is 5.61. The Kier molecular flexibility index (Phi) is 3.84. The molecule has 5 nitrogen and oxygen atoms in total. The zero-order valence-corrected chi connectivity index (χ0v) is 11.3. The Balaban J connectivity index is 2.34. The van der Waals surface area contributed by atoms with Gasteiger partial charge in [-0.25, -0.2) is 4.39 Å². The summed E-state index contributed by atoms with van der Waals surface area (Å²) in [5, 5.41) is 8.01. The average Bonchev–Trinajstić information content (AvgIpc) is 2.72. The molecule has 2 N–H and O–H groups in total. The molecule has 0 fully saturated rings. The monoisotopic (exact) mass is 280 g/mol. The summed E-state index contributed by atoms with van der Waals surface area (Å²) in [6.45, 7) is 1.68. The number of nitrogens with zero attached hydrogens (tertiary/aromatic N) is 3. The zero-order valence-electron chi connectivity index (χ0n) is 10.5. The zero-order chi connectivity index (χ0) is 14.0. The molecule has 1 aromatic carbocycles. The molecule has 0 bridgehead atoms. The molecule has 0 saturated heterocycles. The first-order valence-corrected chi connectivity index (χ1v) is 6.49. The number of hydrogen-bond acceptors (Lipinski definition) is 4. The Bertz CT molecular complexity index is 614. The van der Waals surface area contributed by atoms with E-state index in [-0.39, 0.29) is 5.82 Å². The third kappa shape index (κ3) is 2.76. The van der Waals surface area contributed by atoms with Crippen molar-refractivity contribution in [2.45, 2.75) is 17.3 Å². The van der Waals surface area contributed by atoms with Crippen molar-refractivity contribution in [3.8, 4) is 11.4 Å². The summed E-state index contributed by atoms with van der Waals surface area (Å²) >= 11 is 1.19. The Morgan fingerprint density at radius 3 is 2.74 bits per heavy atom. The number of halogens is 1. The largest absolute Gasteiger partial charge is 0.369 e. The summed E-state index contributed by atoms with van der Waals surface area (Å²) in [5.74, 6) is -0.379. The Morgan fingerprint density at radius 1 is 1.42 bits per heavy atom. The highest BCUT2D eigenvalue weighted by atomic mass is 32.2. The third-order valence-corrected chi connectivity index (χ3v) is 3.78. The fraction of sp³-hybridized carbons (Fsp3) is 0.250. The van der Waals surface area contributed by atoms with E-state index in [0.29, 0.717) is 16.5 Å². The fourth-order valence-corrected chi connectivity index (χ4v) is 2.28. The predicted molar refractivity (Wildman–Crippen MR) is 70.9 cm³/mol. The molecule has 1 unspecified atom stereocenters. The highest BCUT2D eigenvalue weighted by Gasteiger charge is 2.18. The summed E-state index contributed by atoms with van der Waals surface area (Å²) in [5.41, 5.74) is 5.57. The molecule has 7 heteroatoms. The summed E-state index contributed by atoms with van der Waals surface area (Å²) in [6, 6.07) is 6.33. The van der Waals surface area contributed by atoms with Gasteiger partial charge in [-0.15, -0.1) is 10.2 Å². The van der Waals surface area contributed by atoms with Crippen molar-refractivity contribution in [3.63, 3.8) is 0 Å². The maximum Gasteiger partial charge on any atom is 0.230 e. The van der Waals surface area contributed by atoms with Crippen molar-refractivity contribution in [1.29, 1.82) is 0 Å². The molecule has 2 rings (SSSR count). The Hall–Kier alpha value is -1.89. The van der Waals surface area contributed by atoms with Crippen molar-refractivity contribution >= 4 is 17.7 Å². The van der Waals surface area contributed by atoms with Crippen LogP contribution in [0.25, 0.3) is 11.4 Å². The second kappa shape index (κ2) is 5.40. The molecule has 1 heterocycles. The van der Waals surface area contributed by atoms with Crippen molar-refractivity contribution in [1.82, 2.24) is 14.8 Å². The van der Waals surface area contributed by atoms with Crippen LogP contribution in [-0.4, -0.2) is 25.9 Å². The van der Waals surface area contributed by atoms with E-state index in [1.165, 1.54) is 17.8 Å². The van der Waals surface area contributed by atoms with Crippen LogP contribution in [0.5, 0.6) is 0 Å². The molecule has 0 saturated carbocycles. The second-order valence-corrected chi connectivity index (χ2v) is 5.32. The van der Waals surface area contributed by atoms with Gasteiger partial charge in [0.25, 0.3) is 0 Å². The van der Waals surface area contributed by atoms with E-state index in [9.17, 15) is 9.18 Å². The van der Waals surface area contributed by atoms with Gasteiger partial charge in [0.15, 0.2) is 11.0 Å². The van der Waals surface area contributed by atoms with Crippen LogP contribution in [0.15, 0.2) is 29.4 Å². The predicted octanol–water partition coefficient (Wildman–Crippen LogP) is 1.59. The molecule has 1 amide bonds. The number of rotatable bonds is 4. The topological polar surface area (TPSA) is 73.8 Å². The van der Waals surface area contributed by atoms with Gasteiger partial charge in [0, 0.05) is 7.05 Å². The molecule has 1 aromatic heterocycles. The number of thioether (sulfide) groups is 1. The normalized spacial score (nSPS) is 12.4. The van der Waals surface area contributed by atoms with Crippen LogP contribution in [-0.2, 0) is 11.8 Å². The van der Waals surface area contributed by atoms with Gasteiger partial charge in [-0.3, -0.25) is 4.79 Å². The average molecular weight is 280 g/mol. The van der Waals surface area contributed by atoms with Crippen molar-refractivity contribution in [3.05, 3.63) is 30.1 Å². The molecule has 2 aromatic rings. The molecular weight excluding hydrogens is 267 g/mol. The lowest BCUT2D eigenvalue weighted by atomic mass is 10.2. The highest BCUT2D eigenvalue weighted by Crippen LogP contribution is 2.26. The quantitative estimate of drug-likeness (QED) is 0.863. The molecule has 1 atom stereocenters. The van der Waals surface area contributed by atoms with E-state index in [1.807, 2.05) is 0 Å². The number of aromatic nitrogens is 3. The third-order valence-electron chi connectivity index (χ3n) is 2.63. The molecule has 0 aliphatic heterocycles. The van der Waals surface area contributed by atoms with E-state index in [0.717, 1.165) is 0 Å². The second-order valence-electron chi connectivity index (χ2n) is 4.01. The summed E-state index contributed by atoms with van der Waals surface area (Å²) in [6.07, 6.45) is 0. The number of nitrogens with two attached hydrogens (primary N) is 1.